The fourth-order valence-corrected chi connectivity index (χ4v) is 3.45. The maximum Gasteiger partial charge on any atom is 0.297 e. The van der Waals surface area contributed by atoms with Gasteiger partial charge in [0.15, 0.2) is 0 Å². The highest BCUT2D eigenvalue weighted by Crippen LogP contribution is 2.28. The van der Waals surface area contributed by atoms with Crippen molar-refractivity contribution >= 4 is 10.8 Å². The zero-order valence-corrected chi connectivity index (χ0v) is 14.2. The average molecular weight is 346 g/mol. The van der Waals surface area contributed by atoms with Crippen molar-refractivity contribution in [3.05, 3.63) is 48.8 Å². The first-order valence-electron chi connectivity index (χ1n) is 8.82. The first-order valence-corrected chi connectivity index (χ1v) is 8.82. The normalized spacial score (nSPS) is 17.6. The summed E-state index contributed by atoms with van der Waals surface area (Å²) in [4.78, 5) is 8.89. The Bertz CT molecular complexity index is 1040. The summed E-state index contributed by atoms with van der Waals surface area (Å²) in [5.74, 6) is 1.36. The standard InChI is InChI=1S/C19H18N6O/c1-2-8-15-13(5-1)6-3-9-16(15)17-22-19(26-24-17)18-21-12-25(23-18)14-7-4-10-20-11-14/h1-3,5-6,8-9,12,14,20H,4,7,10-11H2. The Morgan fingerprint density at radius 1 is 1.08 bits per heavy atom. The van der Waals surface area contributed by atoms with E-state index in [0.29, 0.717) is 23.6 Å². The number of fused-ring (bicyclic) bond motifs is 1. The molecule has 26 heavy (non-hydrogen) atoms. The van der Waals surface area contributed by atoms with Crippen LogP contribution in [0.5, 0.6) is 0 Å². The van der Waals surface area contributed by atoms with Gasteiger partial charge in [0.25, 0.3) is 5.89 Å². The third-order valence-electron chi connectivity index (χ3n) is 4.80. The monoisotopic (exact) mass is 346 g/mol. The molecule has 3 heterocycles. The van der Waals surface area contributed by atoms with Crippen molar-refractivity contribution in [2.45, 2.75) is 18.9 Å². The summed E-state index contributed by atoms with van der Waals surface area (Å²) in [7, 11) is 0. The minimum Gasteiger partial charge on any atom is -0.330 e. The zero-order valence-electron chi connectivity index (χ0n) is 14.2. The van der Waals surface area contributed by atoms with Crippen molar-refractivity contribution in [3.63, 3.8) is 0 Å². The van der Waals surface area contributed by atoms with Gasteiger partial charge in [-0.2, -0.15) is 4.98 Å². The molecule has 0 bridgehead atoms. The van der Waals surface area contributed by atoms with Gasteiger partial charge in [0, 0.05) is 12.1 Å². The van der Waals surface area contributed by atoms with Gasteiger partial charge in [-0.25, -0.2) is 9.67 Å². The molecule has 1 aliphatic rings. The Morgan fingerprint density at radius 3 is 2.92 bits per heavy atom. The second-order valence-corrected chi connectivity index (χ2v) is 6.50. The fraction of sp³-hybridized carbons (Fsp3) is 0.263. The molecule has 5 rings (SSSR count). The van der Waals surface area contributed by atoms with Crippen LogP contribution in [0.4, 0.5) is 0 Å². The SMILES string of the molecule is c1ccc2c(-c3noc(-c4ncn(C5CCCNC5)n4)n3)cccc2c1. The molecular formula is C19H18N6O. The third kappa shape index (κ3) is 2.66. The molecule has 1 fully saturated rings. The van der Waals surface area contributed by atoms with Crippen LogP contribution < -0.4 is 5.32 Å². The number of hydrogen-bond acceptors (Lipinski definition) is 6. The number of nitrogens with one attached hydrogen (secondary N) is 1. The largest absolute Gasteiger partial charge is 0.330 e. The maximum atomic E-state index is 5.44. The molecule has 1 unspecified atom stereocenters. The van der Waals surface area contributed by atoms with Crippen LogP contribution in [0.15, 0.2) is 53.3 Å². The Balaban J connectivity index is 1.48. The second kappa shape index (κ2) is 6.34. The van der Waals surface area contributed by atoms with E-state index in [9.17, 15) is 0 Å². The number of nitrogens with zero attached hydrogens (tertiary/aromatic N) is 5. The highest BCUT2D eigenvalue weighted by molar-refractivity contribution is 5.95. The van der Waals surface area contributed by atoms with E-state index in [2.05, 4.69) is 43.7 Å². The van der Waals surface area contributed by atoms with Crippen molar-refractivity contribution in [1.82, 2.24) is 30.2 Å². The van der Waals surface area contributed by atoms with Crippen LogP contribution in [0.25, 0.3) is 33.9 Å². The zero-order chi connectivity index (χ0) is 17.3. The molecule has 7 heteroatoms. The van der Waals surface area contributed by atoms with Gasteiger partial charge < -0.3 is 9.84 Å². The molecule has 1 N–H and O–H groups in total. The average Bonchev–Trinajstić information content (AvgIpc) is 3.38. The second-order valence-electron chi connectivity index (χ2n) is 6.50. The molecule has 2 aromatic heterocycles. The maximum absolute atomic E-state index is 5.44. The van der Waals surface area contributed by atoms with Crippen LogP contribution in [0.1, 0.15) is 18.9 Å². The molecule has 0 amide bonds. The molecule has 0 saturated carbocycles. The smallest absolute Gasteiger partial charge is 0.297 e. The molecule has 130 valence electrons. The summed E-state index contributed by atoms with van der Waals surface area (Å²) >= 11 is 0. The van der Waals surface area contributed by atoms with Gasteiger partial charge in [-0.05, 0) is 30.2 Å². The Labute approximate surface area is 150 Å². The summed E-state index contributed by atoms with van der Waals surface area (Å²) in [6.07, 6.45) is 3.99. The topological polar surface area (TPSA) is 81.7 Å². The van der Waals surface area contributed by atoms with Crippen molar-refractivity contribution < 1.29 is 4.52 Å². The molecule has 0 spiro atoms. The van der Waals surface area contributed by atoms with E-state index in [1.807, 2.05) is 28.9 Å². The lowest BCUT2D eigenvalue weighted by molar-refractivity contribution is 0.345. The van der Waals surface area contributed by atoms with Gasteiger partial charge in [-0.15, -0.1) is 5.10 Å². The number of hydrogen-bond donors (Lipinski definition) is 1. The molecule has 4 aromatic rings. The van der Waals surface area contributed by atoms with E-state index in [4.69, 9.17) is 4.52 Å². The first kappa shape index (κ1) is 15.2. The van der Waals surface area contributed by atoms with E-state index < -0.39 is 0 Å². The number of aromatic nitrogens is 5. The van der Waals surface area contributed by atoms with Gasteiger partial charge in [0.2, 0.25) is 11.6 Å². The van der Waals surface area contributed by atoms with Crippen LogP contribution in [0.3, 0.4) is 0 Å². The highest BCUT2D eigenvalue weighted by Gasteiger charge is 2.20. The quantitative estimate of drug-likeness (QED) is 0.614. The molecular weight excluding hydrogens is 328 g/mol. The minimum atomic E-state index is 0.324. The summed E-state index contributed by atoms with van der Waals surface area (Å²) in [6, 6.07) is 14.5. The van der Waals surface area contributed by atoms with Crippen molar-refractivity contribution in [2.75, 3.05) is 13.1 Å². The van der Waals surface area contributed by atoms with Crippen molar-refractivity contribution in [2.24, 2.45) is 0 Å². The third-order valence-corrected chi connectivity index (χ3v) is 4.80. The van der Waals surface area contributed by atoms with Crippen LogP contribution in [-0.4, -0.2) is 38.0 Å². The van der Waals surface area contributed by atoms with Gasteiger partial charge in [0.1, 0.15) is 6.33 Å². The van der Waals surface area contributed by atoms with E-state index in [0.717, 1.165) is 42.3 Å². The summed E-state index contributed by atoms with van der Waals surface area (Å²) in [5.41, 5.74) is 0.939. The summed E-state index contributed by atoms with van der Waals surface area (Å²) < 4.78 is 7.33. The fourth-order valence-electron chi connectivity index (χ4n) is 3.45. The molecule has 0 radical (unpaired) electrons. The lowest BCUT2D eigenvalue weighted by Gasteiger charge is -2.22. The van der Waals surface area contributed by atoms with Gasteiger partial charge in [-0.1, -0.05) is 47.6 Å². The predicted molar refractivity (Wildman–Crippen MR) is 97.4 cm³/mol. The van der Waals surface area contributed by atoms with Gasteiger partial charge in [0.05, 0.1) is 6.04 Å². The van der Waals surface area contributed by atoms with E-state index >= 15 is 0 Å². The predicted octanol–water partition coefficient (Wildman–Crippen LogP) is 3.07. The van der Waals surface area contributed by atoms with E-state index in [1.54, 1.807) is 6.33 Å². The molecule has 2 aromatic carbocycles. The highest BCUT2D eigenvalue weighted by atomic mass is 16.5. The lowest BCUT2D eigenvalue weighted by atomic mass is 10.0. The number of rotatable bonds is 3. The number of benzene rings is 2. The van der Waals surface area contributed by atoms with Crippen LogP contribution in [0.2, 0.25) is 0 Å². The molecule has 0 aliphatic carbocycles. The summed E-state index contributed by atoms with van der Waals surface area (Å²) in [5, 5.41) is 14.3. The van der Waals surface area contributed by atoms with Crippen molar-refractivity contribution in [3.8, 4) is 23.1 Å². The molecule has 1 saturated heterocycles. The number of piperidine rings is 1. The Hall–Kier alpha value is -3.06. The van der Waals surface area contributed by atoms with Crippen LogP contribution in [0, 0.1) is 0 Å². The first-order chi connectivity index (χ1) is 12.9. The summed E-state index contributed by atoms with van der Waals surface area (Å²) in [6.45, 7) is 1.98. The van der Waals surface area contributed by atoms with E-state index in [-0.39, 0.29) is 0 Å². The van der Waals surface area contributed by atoms with Gasteiger partial charge in [-0.3, -0.25) is 0 Å². The molecule has 7 nitrogen and oxygen atoms in total. The Kier molecular flexibility index (Phi) is 3.71. The van der Waals surface area contributed by atoms with E-state index in [1.165, 1.54) is 0 Å². The van der Waals surface area contributed by atoms with Crippen molar-refractivity contribution in [1.29, 1.82) is 0 Å². The Morgan fingerprint density at radius 2 is 2.00 bits per heavy atom. The molecule has 1 aliphatic heterocycles. The molecule has 1 atom stereocenters. The minimum absolute atomic E-state index is 0.324. The van der Waals surface area contributed by atoms with Crippen LogP contribution in [-0.2, 0) is 0 Å². The van der Waals surface area contributed by atoms with Gasteiger partial charge >= 0.3 is 0 Å². The lowest BCUT2D eigenvalue weighted by Crippen LogP contribution is -2.31. The van der Waals surface area contributed by atoms with Crippen LogP contribution >= 0.6 is 0 Å².